The number of carbonyl (C=O) groups is 2. The van der Waals surface area contributed by atoms with E-state index in [0.29, 0.717) is 22.5 Å². The molecule has 0 fully saturated rings. The van der Waals surface area contributed by atoms with Crippen LogP contribution in [0.4, 0.5) is 11.4 Å². The van der Waals surface area contributed by atoms with Crippen molar-refractivity contribution in [3.8, 4) is 6.07 Å². The molecule has 0 saturated heterocycles. The van der Waals surface area contributed by atoms with Gasteiger partial charge in [-0.1, -0.05) is 23.7 Å². The van der Waals surface area contributed by atoms with Crippen molar-refractivity contribution in [2.45, 2.75) is 0 Å². The number of para-hydroxylation sites is 1. The topological polar surface area (TPSA) is 91.2 Å². The number of hydrogen-bond donors (Lipinski definition) is 2. The standard InChI is InChI=1S/C17H14ClN3O3/c1-20-15-5-3-2-4-13(15)17(23)24-10-16(22)21-12-7-6-11(9-19)14(18)8-12/h2-8,20H,10H2,1H3,(H,21,22). The van der Waals surface area contributed by atoms with E-state index < -0.39 is 18.5 Å². The van der Waals surface area contributed by atoms with Crippen molar-refractivity contribution >= 4 is 34.9 Å². The fourth-order valence-corrected chi connectivity index (χ4v) is 2.19. The Morgan fingerprint density at radius 3 is 2.67 bits per heavy atom. The Hall–Kier alpha value is -3.04. The molecule has 0 aliphatic carbocycles. The van der Waals surface area contributed by atoms with Gasteiger partial charge in [0, 0.05) is 18.4 Å². The molecular weight excluding hydrogens is 330 g/mol. The molecule has 0 atom stereocenters. The highest BCUT2D eigenvalue weighted by molar-refractivity contribution is 6.32. The van der Waals surface area contributed by atoms with Crippen LogP contribution in [0.25, 0.3) is 0 Å². The smallest absolute Gasteiger partial charge is 0.340 e. The molecular formula is C17H14ClN3O3. The van der Waals surface area contributed by atoms with Crippen molar-refractivity contribution in [1.29, 1.82) is 5.26 Å². The van der Waals surface area contributed by atoms with Gasteiger partial charge < -0.3 is 15.4 Å². The molecule has 24 heavy (non-hydrogen) atoms. The summed E-state index contributed by atoms with van der Waals surface area (Å²) >= 11 is 5.89. The lowest BCUT2D eigenvalue weighted by atomic mass is 10.2. The number of anilines is 2. The molecule has 2 aromatic carbocycles. The minimum absolute atomic E-state index is 0.232. The lowest BCUT2D eigenvalue weighted by Crippen LogP contribution is -2.21. The highest BCUT2D eigenvalue weighted by Gasteiger charge is 2.14. The first kappa shape index (κ1) is 17.3. The van der Waals surface area contributed by atoms with Gasteiger partial charge in [0.1, 0.15) is 6.07 Å². The van der Waals surface area contributed by atoms with Crippen molar-refractivity contribution in [3.05, 3.63) is 58.6 Å². The van der Waals surface area contributed by atoms with Crippen molar-refractivity contribution in [3.63, 3.8) is 0 Å². The van der Waals surface area contributed by atoms with Gasteiger partial charge in [0.05, 0.1) is 16.1 Å². The second-order valence-electron chi connectivity index (χ2n) is 4.73. The van der Waals surface area contributed by atoms with E-state index in [4.69, 9.17) is 21.6 Å². The monoisotopic (exact) mass is 343 g/mol. The number of rotatable bonds is 5. The summed E-state index contributed by atoms with van der Waals surface area (Å²) in [5.41, 5.74) is 1.68. The molecule has 6 nitrogen and oxygen atoms in total. The number of esters is 1. The average Bonchev–Trinajstić information content (AvgIpc) is 2.59. The van der Waals surface area contributed by atoms with Crippen LogP contribution in [-0.4, -0.2) is 25.5 Å². The molecule has 2 N–H and O–H groups in total. The Balaban J connectivity index is 1.95. The van der Waals surface area contributed by atoms with Gasteiger partial charge in [-0.05, 0) is 30.3 Å². The van der Waals surface area contributed by atoms with Crippen molar-refractivity contribution in [1.82, 2.24) is 0 Å². The molecule has 0 unspecified atom stereocenters. The van der Waals surface area contributed by atoms with Crippen molar-refractivity contribution in [2.75, 3.05) is 24.3 Å². The molecule has 0 bridgehead atoms. The van der Waals surface area contributed by atoms with Gasteiger partial charge in [0.2, 0.25) is 0 Å². The Bertz CT molecular complexity index is 815. The van der Waals surface area contributed by atoms with E-state index >= 15 is 0 Å². The number of benzene rings is 2. The van der Waals surface area contributed by atoms with E-state index in [1.54, 1.807) is 37.4 Å². The summed E-state index contributed by atoms with van der Waals surface area (Å²) in [6, 6.07) is 13.2. The summed E-state index contributed by atoms with van der Waals surface area (Å²) in [6.07, 6.45) is 0. The van der Waals surface area contributed by atoms with Crippen LogP contribution in [0.15, 0.2) is 42.5 Å². The fourth-order valence-electron chi connectivity index (χ4n) is 1.97. The van der Waals surface area contributed by atoms with Crippen molar-refractivity contribution in [2.24, 2.45) is 0 Å². The lowest BCUT2D eigenvalue weighted by molar-refractivity contribution is -0.119. The molecule has 0 radical (unpaired) electrons. The second-order valence-corrected chi connectivity index (χ2v) is 5.13. The number of nitrogens with one attached hydrogen (secondary N) is 2. The summed E-state index contributed by atoms with van der Waals surface area (Å²) < 4.78 is 5.00. The summed E-state index contributed by atoms with van der Waals surface area (Å²) in [5.74, 6) is -1.11. The number of amides is 1. The maximum Gasteiger partial charge on any atom is 0.340 e. The number of nitriles is 1. The summed E-state index contributed by atoms with van der Waals surface area (Å²) in [6.45, 7) is -0.436. The quantitative estimate of drug-likeness (QED) is 0.814. The van der Waals surface area contributed by atoms with E-state index in [0.717, 1.165) is 0 Å². The maximum absolute atomic E-state index is 12.0. The third-order valence-electron chi connectivity index (χ3n) is 3.12. The Morgan fingerprint density at radius 2 is 2.00 bits per heavy atom. The molecule has 0 aromatic heterocycles. The van der Waals surface area contributed by atoms with Crippen LogP contribution in [0.1, 0.15) is 15.9 Å². The maximum atomic E-state index is 12.0. The van der Waals surface area contributed by atoms with Gasteiger partial charge >= 0.3 is 5.97 Å². The van der Waals surface area contributed by atoms with E-state index in [-0.39, 0.29) is 5.02 Å². The molecule has 2 aromatic rings. The van der Waals surface area contributed by atoms with Gasteiger partial charge in [-0.2, -0.15) is 5.26 Å². The molecule has 2 rings (SSSR count). The van der Waals surface area contributed by atoms with Gasteiger partial charge in [-0.15, -0.1) is 0 Å². The molecule has 1 amide bonds. The zero-order valence-electron chi connectivity index (χ0n) is 12.8. The van der Waals surface area contributed by atoms with E-state index in [9.17, 15) is 9.59 Å². The molecule has 0 spiro atoms. The Labute approximate surface area is 144 Å². The number of nitrogens with zero attached hydrogens (tertiary/aromatic N) is 1. The third kappa shape index (κ3) is 4.24. The molecule has 0 heterocycles. The van der Waals surface area contributed by atoms with Crippen LogP contribution in [0, 0.1) is 11.3 Å². The minimum Gasteiger partial charge on any atom is -0.452 e. The van der Waals surface area contributed by atoms with Crippen LogP contribution in [0.5, 0.6) is 0 Å². The van der Waals surface area contributed by atoms with Crippen LogP contribution >= 0.6 is 11.6 Å². The minimum atomic E-state index is -0.604. The van der Waals surface area contributed by atoms with Crippen LogP contribution in [0.2, 0.25) is 5.02 Å². The second kappa shape index (κ2) is 7.99. The molecule has 7 heteroatoms. The number of hydrogen-bond acceptors (Lipinski definition) is 5. The van der Waals surface area contributed by atoms with Gasteiger partial charge in [-0.3, -0.25) is 4.79 Å². The SMILES string of the molecule is CNc1ccccc1C(=O)OCC(=O)Nc1ccc(C#N)c(Cl)c1. The lowest BCUT2D eigenvalue weighted by Gasteiger charge is -2.09. The van der Waals surface area contributed by atoms with Crippen molar-refractivity contribution < 1.29 is 14.3 Å². The van der Waals surface area contributed by atoms with Gasteiger partial charge in [0.15, 0.2) is 6.61 Å². The van der Waals surface area contributed by atoms with Crippen LogP contribution in [-0.2, 0) is 9.53 Å². The Kier molecular flexibility index (Phi) is 5.77. The highest BCUT2D eigenvalue weighted by Crippen LogP contribution is 2.20. The molecule has 0 aliphatic rings. The molecule has 0 saturated carbocycles. The van der Waals surface area contributed by atoms with Crippen LogP contribution in [0.3, 0.4) is 0 Å². The normalized spacial score (nSPS) is 9.71. The zero-order chi connectivity index (χ0) is 17.5. The number of carbonyl (C=O) groups excluding carboxylic acids is 2. The Morgan fingerprint density at radius 1 is 1.25 bits per heavy atom. The summed E-state index contributed by atoms with van der Waals surface area (Å²) in [5, 5.41) is 14.5. The van der Waals surface area contributed by atoms with E-state index in [1.165, 1.54) is 12.1 Å². The van der Waals surface area contributed by atoms with Gasteiger partial charge in [-0.25, -0.2) is 4.79 Å². The number of halogens is 1. The summed E-state index contributed by atoms with van der Waals surface area (Å²) in [4.78, 5) is 23.9. The molecule has 0 aliphatic heterocycles. The van der Waals surface area contributed by atoms with Crippen LogP contribution < -0.4 is 10.6 Å². The third-order valence-corrected chi connectivity index (χ3v) is 3.44. The van der Waals surface area contributed by atoms with Gasteiger partial charge in [0.25, 0.3) is 5.91 Å². The first-order chi connectivity index (χ1) is 11.5. The predicted octanol–water partition coefficient (Wildman–Crippen LogP) is 3.05. The average molecular weight is 344 g/mol. The summed E-state index contributed by atoms with van der Waals surface area (Å²) in [7, 11) is 1.69. The predicted molar refractivity (Wildman–Crippen MR) is 91.1 cm³/mol. The molecule has 122 valence electrons. The largest absolute Gasteiger partial charge is 0.452 e. The zero-order valence-corrected chi connectivity index (χ0v) is 13.6. The fraction of sp³-hybridized carbons (Fsp3) is 0.118. The first-order valence-electron chi connectivity index (χ1n) is 6.98. The highest BCUT2D eigenvalue weighted by atomic mass is 35.5. The van der Waals surface area contributed by atoms with E-state index in [2.05, 4.69) is 10.6 Å². The van der Waals surface area contributed by atoms with E-state index in [1.807, 2.05) is 6.07 Å². The first-order valence-corrected chi connectivity index (χ1v) is 7.36. The number of ether oxygens (including phenoxy) is 1.